The Morgan fingerprint density at radius 1 is 0.829 bits per heavy atom. The lowest BCUT2D eigenvalue weighted by Crippen LogP contribution is -2.60. The lowest BCUT2D eigenvalue weighted by atomic mass is 9.44. The van der Waals surface area contributed by atoms with Crippen molar-refractivity contribution in [1.82, 2.24) is 0 Å². The van der Waals surface area contributed by atoms with E-state index in [2.05, 4.69) is 41.5 Å². The average molecular weight is 579 g/mol. The van der Waals surface area contributed by atoms with E-state index >= 15 is 0 Å². The third kappa shape index (κ3) is 5.81. The Balaban J connectivity index is 1.20. The van der Waals surface area contributed by atoms with Gasteiger partial charge < -0.3 is 29.9 Å². The molecule has 0 aromatic heterocycles. The number of aliphatic hydroxyl groups excluding tert-OH is 4. The van der Waals surface area contributed by atoms with Crippen LogP contribution in [0.5, 0.6) is 0 Å². The van der Waals surface area contributed by atoms with Gasteiger partial charge in [0.15, 0.2) is 6.29 Å². The molecule has 1 saturated heterocycles. The molecule has 5 aliphatic rings. The fourth-order valence-electron chi connectivity index (χ4n) is 11.4. The lowest BCUT2D eigenvalue weighted by molar-refractivity contribution is -0.316. The van der Waals surface area contributed by atoms with Crippen LogP contribution in [-0.2, 0) is 9.47 Å². The highest BCUT2D eigenvalue weighted by molar-refractivity contribution is 5.10. The minimum Gasteiger partial charge on any atom is -0.394 e. The Bertz CT molecular complexity index is 864. The summed E-state index contributed by atoms with van der Waals surface area (Å²) in [5.41, 5.74) is 0.849. The third-order valence-corrected chi connectivity index (χ3v) is 14.0. The second-order valence-corrected chi connectivity index (χ2v) is 16.1. The van der Waals surface area contributed by atoms with E-state index in [9.17, 15) is 20.4 Å². The van der Waals surface area contributed by atoms with E-state index in [1.165, 1.54) is 57.8 Å². The molecule has 0 aromatic rings. The van der Waals surface area contributed by atoms with Gasteiger partial charge in [0.2, 0.25) is 0 Å². The summed E-state index contributed by atoms with van der Waals surface area (Å²) in [6, 6.07) is 0. The number of aliphatic hydroxyl groups is 4. The normalized spacial score (nSPS) is 49.7. The van der Waals surface area contributed by atoms with E-state index < -0.39 is 37.3 Å². The summed E-state index contributed by atoms with van der Waals surface area (Å²) in [6.07, 6.45) is 9.34. The van der Waals surface area contributed by atoms with Crippen LogP contribution >= 0.6 is 0 Å². The van der Waals surface area contributed by atoms with Gasteiger partial charge in [0.1, 0.15) is 24.4 Å². The highest BCUT2D eigenvalue weighted by Crippen LogP contribution is 2.68. The quantitative estimate of drug-likeness (QED) is 0.253. The molecule has 1 heterocycles. The average Bonchev–Trinajstić information content (AvgIpc) is 3.30. The number of hydrogen-bond donors (Lipinski definition) is 4. The molecule has 4 N–H and O–H groups in total. The largest absolute Gasteiger partial charge is 0.394 e. The lowest BCUT2D eigenvalue weighted by Gasteiger charge is -2.61. The van der Waals surface area contributed by atoms with Gasteiger partial charge in [-0.3, -0.25) is 0 Å². The van der Waals surface area contributed by atoms with Crippen molar-refractivity contribution in [3.8, 4) is 0 Å². The van der Waals surface area contributed by atoms with Gasteiger partial charge in [0, 0.05) is 0 Å². The van der Waals surface area contributed by atoms with Crippen molar-refractivity contribution in [2.75, 3.05) is 6.61 Å². The first-order valence-corrected chi connectivity index (χ1v) is 17.4. The van der Waals surface area contributed by atoms with Crippen LogP contribution in [0.3, 0.4) is 0 Å². The summed E-state index contributed by atoms with van der Waals surface area (Å²) in [7, 11) is 0. The molecule has 0 amide bonds. The van der Waals surface area contributed by atoms with Gasteiger partial charge in [0.25, 0.3) is 0 Å². The van der Waals surface area contributed by atoms with E-state index in [0.29, 0.717) is 16.7 Å². The Morgan fingerprint density at radius 3 is 2.22 bits per heavy atom. The Kier molecular flexibility index (Phi) is 9.91. The second kappa shape index (κ2) is 12.6. The maximum Gasteiger partial charge on any atom is 0.186 e. The van der Waals surface area contributed by atoms with Gasteiger partial charge in [-0.05, 0) is 122 Å². The zero-order valence-electron chi connectivity index (χ0n) is 26.9. The molecule has 0 unspecified atom stereocenters. The minimum absolute atomic E-state index is 0.0330. The van der Waals surface area contributed by atoms with E-state index in [1.807, 2.05) is 0 Å². The summed E-state index contributed by atoms with van der Waals surface area (Å²) < 4.78 is 11.9. The standard InChI is InChI=1S/C35H62O6/c1-7-22(20(2)3)9-8-21(4)26-12-13-27-25-11-10-23-18-24(14-16-34(23,5)28(25)15-17-35(26,27)6)40-33-32(39)31(38)30(37)29(19-36)41-33/h20-33,36-39H,7-19H2,1-6H3/t21-,22-,23-,24+,25+,26-,27+,28+,29-,30-,31+,32+,33-,34+,35-/m1/s1. The molecule has 4 saturated carbocycles. The first kappa shape index (κ1) is 32.2. The number of rotatable bonds is 9. The molecule has 0 bridgehead atoms. The maximum absolute atomic E-state index is 10.5. The number of ether oxygens (including phenoxy) is 2. The van der Waals surface area contributed by atoms with Crippen LogP contribution in [0, 0.1) is 58.2 Å². The maximum atomic E-state index is 10.5. The zero-order chi connectivity index (χ0) is 29.7. The monoisotopic (exact) mass is 578 g/mol. The van der Waals surface area contributed by atoms with Crippen LogP contribution in [0.2, 0.25) is 0 Å². The van der Waals surface area contributed by atoms with Crippen LogP contribution in [0.15, 0.2) is 0 Å². The summed E-state index contributed by atoms with van der Waals surface area (Å²) in [5.74, 6) is 6.51. The first-order valence-electron chi connectivity index (χ1n) is 17.4. The van der Waals surface area contributed by atoms with Crippen LogP contribution in [0.4, 0.5) is 0 Å². The molecular weight excluding hydrogens is 516 g/mol. The van der Waals surface area contributed by atoms with Gasteiger partial charge in [-0.15, -0.1) is 0 Å². The summed E-state index contributed by atoms with van der Waals surface area (Å²) >= 11 is 0. The molecular formula is C35H62O6. The SMILES string of the molecule is CC[C@H](CC[C@@H](C)[C@H]1CC[C@H]2[C@@H]3CC[C@@H]4C[C@@H](O[C@@H]5O[C@H](CO)[C@@H](O)[C@H](O)[C@@H]5O)CC[C@]4(C)[C@H]3CC[C@]12C)C(C)C. The van der Waals surface area contributed by atoms with Crippen molar-refractivity contribution in [3.63, 3.8) is 0 Å². The molecule has 41 heavy (non-hydrogen) atoms. The Hall–Kier alpha value is -0.240. The van der Waals surface area contributed by atoms with Crippen LogP contribution in [-0.4, -0.2) is 63.8 Å². The molecule has 1 aliphatic heterocycles. The topological polar surface area (TPSA) is 99.4 Å². The van der Waals surface area contributed by atoms with Crippen molar-refractivity contribution in [1.29, 1.82) is 0 Å². The molecule has 0 aromatic carbocycles. The first-order chi connectivity index (χ1) is 19.4. The summed E-state index contributed by atoms with van der Waals surface area (Å²) in [4.78, 5) is 0. The third-order valence-electron chi connectivity index (χ3n) is 14.0. The van der Waals surface area contributed by atoms with Gasteiger partial charge >= 0.3 is 0 Å². The Morgan fingerprint density at radius 2 is 1.54 bits per heavy atom. The Labute approximate surface area is 250 Å². The van der Waals surface area contributed by atoms with Crippen LogP contribution in [0.25, 0.3) is 0 Å². The summed E-state index contributed by atoms with van der Waals surface area (Å²) in [6.45, 7) is 14.6. The predicted octanol–water partition coefficient (Wildman–Crippen LogP) is 5.93. The van der Waals surface area contributed by atoms with E-state index in [1.54, 1.807) is 0 Å². The fourth-order valence-corrected chi connectivity index (χ4v) is 11.4. The van der Waals surface area contributed by atoms with Crippen LogP contribution in [0.1, 0.15) is 119 Å². The van der Waals surface area contributed by atoms with E-state index in [0.717, 1.165) is 60.7 Å². The molecule has 6 nitrogen and oxygen atoms in total. The fraction of sp³-hybridized carbons (Fsp3) is 1.00. The minimum atomic E-state index is -1.38. The highest BCUT2D eigenvalue weighted by atomic mass is 16.7. The zero-order valence-corrected chi connectivity index (χ0v) is 26.9. The molecule has 6 heteroatoms. The van der Waals surface area contributed by atoms with Crippen molar-refractivity contribution in [2.24, 2.45) is 58.2 Å². The second-order valence-electron chi connectivity index (χ2n) is 16.1. The number of hydrogen-bond acceptors (Lipinski definition) is 6. The van der Waals surface area contributed by atoms with Crippen molar-refractivity contribution >= 4 is 0 Å². The summed E-state index contributed by atoms with van der Waals surface area (Å²) in [5, 5.41) is 40.4. The van der Waals surface area contributed by atoms with E-state index in [-0.39, 0.29) is 6.10 Å². The predicted molar refractivity (Wildman–Crippen MR) is 161 cm³/mol. The number of fused-ring (bicyclic) bond motifs is 5. The van der Waals surface area contributed by atoms with Gasteiger partial charge in [-0.1, -0.05) is 54.4 Å². The molecule has 5 rings (SSSR count). The molecule has 238 valence electrons. The smallest absolute Gasteiger partial charge is 0.186 e. The van der Waals surface area contributed by atoms with Gasteiger partial charge in [-0.25, -0.2) is 0 Å². The molecule has 0 radical (unpaired) electrons. The van der Waals surface area contributed by atoms with Gasteiger partial charge in [-0.2, -0.15) is 0 Å². The molecule has 0 spiro atoms. The van der Waals surface area contributed by atoms with Crippen LogP contribution < -0.4 is 0 Å². The van der Waals surface area contributed by atoms with Crippen molar-refractivity contribution in [3.05, 3.63) is 0 Å². The van der Waals surface area contributed by atoms with E-state index in [4.69, 9.17) is 9.47 Å². The van der Waals surface area contributed by atoms with Gasteiger partial charge in [0.05, 0.1) is 12.7 Å². The van der Waals surface area contributed by atoms with Crippen molar-refractivity contribution in [2.45, 2.75) is 155 Å². The molecule has 15 atom stereocenters. The highest BCUT2D eigenvalue weighted by Gasteiger charge is 2.61. The molecule has 5 fully saturated rings. The van der Waals surface area contributed by atoms with Crippen molar-refractivity contribution < 1.29 is 29.9 Å². The molecule has 4 aliphatic carbocycles.